The number of benzene rings is 4. The van der Waals surface area contributed by atoms with Crippen LogP contribution in [0.25, 0.3) is 0 Å². The molecular weight excluding hydrogens is 556 g/mol. The monoisotopic (exact) mass is 592 g/mol. The van der Waals surface area contributed by atoms with Crippen molar-refractivity contribution < 1.29 is 28.6 Å². The molecule has 0 unspecified atom stereocenters. The highest BCUT2D eigenvalue weighted by Crippen LogP contribution is 2.24. The van der Waals surface area contributed by atoms with E-state index in [4.69, 9.17) is 14.2 Å². The first-order valence-electron chi connectivity index (χ1n) is 14.3. The number of amides is 1. The minimum atomic E-state index is -0.721. The predicted octanol–water partition coefficient (Wildman–Crippen LogP) is 6.11. The number of anilines is 2. The van der Waals surface area contributed by atoms with Crippen molar-refractivity contribution in [3.05, 3.63) is 132 Å². The molecule has 0 radical (unpaired) electrons. The number of esters is 1. The molecule has 8 nitrogen and oxygen atoms in total. The number of para-hydroxylation sites is 1. The second-order valence-electron chi connectivity index (χ2n) is 9.91. The van der Waals surface area contributed by atoms with Crippen LogP contribution in [-0.4, -0.2) is 51.1 Å². The van der Waals surface area contributed by atoms with Crippen LogP contribution in [0.1, 0.15) is 27.9 Å². The summed E-state index contributed by atoms with van der Waals surface area (Å²) in [5.41, 5.74) is 3.19. The lowest BCUT2D eigenvalue weighted by atomic mass is 10.00. The molecule has 226 valence electrons. The van der Waals surface area contributed by atoms with Gasteiger partial charge in [-0.3, -0.25) is 9.59 Å². The van der Waals surface area contributed by atoms with E-state index < -0.39 is 12.0 Å². The maximum Gasteiger partial charge on any atom is 0.328 e. The van der Waals surface area contributed by atoms with Gasteiger partial charge in [-0.15, -0.1) is 0 Å². The summed E-state index contributed by atoms with van der Waals surface area (Å²) in [6, 6.07) is 30.2. The number of ketones is 1. The van der Waals surface area contributed by atoms with Gasteiger partial charge in [-0.05, 0) is 54.5 Å². The van der Waals surface area contributed by atoms with Crippen molar-refractivity contribution in [2.24, 2.45) is 0 Å². The number of nitrogens with zero attached hydrogens (tertiary/aromatic N) is 1. The molecule has 0 bridgehead atoms. The Morgan fingerprint density at radius 1 is 0.864 bits per heavy atom. The average Bonchev–Trinajstić information content (AvgIpc) is 3.08. The summed E-state index contributed by atoms with van der Waals surface area (Å²) in [6.45, 7) is 4.45. The summed E-state index contributed by atoms with van der Waals surface area (Å²) in [4.78, 5) is 40.0. The van der Waals surface area contributed by atoms with Gasteiger partial charge in [0.05, 0.1) is 20.8 Å². The lowest BCUT2D eigenvalue weighted by Gasteiger charge is -2.22. The zero-order chi connectivity index (χ0) is 31.3. The van der Waals surface area contributed by atoms with Crippen molar-refractivity contribution >= 4 is 29.0 Å². The van der Waals surface area contributed by atoms with Gasteiger partial charge in [0.1, 0.15) is 17.5 Å². The molecule has 0 aliphatic rings. The molecule has 1 atom stereocenters. The van der Waals surface area contributed by atoms with Crippen molar-refractivity contribution in [3.63, 3.8) is 0 Å². The summed E-state index contributed by atoms with van der Waals surface area (Å²) in [5, 5.41) is 3.23. The van der Waals surface area contributed by atoms with Gasteiger partial charge < -0.3 is 24.4 Å². The lowest BCUT2D eigenvalue weighted by molar-refractivity contribution is -0.141. The van der Waals surface area contributed by atoms with Crippen LogP contribution in [0, 0.1) is 0 Å². The number of hydrogen-bond acceptors (Lipinski definition) is 7. The maximum atomic E-state index is 13.2. The minimum absolute atomic E-state index is 0.140. The van der Waals surface area contributed by atoms with Crippen LogP contribution in [0.15, 0.2) is 116 Å². The summed E-state index contributed by atoms with van der Waals surface area (Å²) in [6.07, 6.45) is 2.21. The number of rotatable bonds is 15. The average molecular weight is 593 g/mol. The Labute approximate surface area is 257 Å². The van der Waals surface area contributed by atoms with Crippen LogP contribution < -0.4 is 19.7 Å². The molecular formula is C36H36N2O6. The van der Waals surface area contributed by atoms with Crippen molar-refractivity contribution in [1.29, 1.82) is 0 Å². The fraction of sp³-hybridized carbons (Fsp3) is 0.194. The third-order valence-corrected chi connectivity index (χ3v) is 6.99. The van der Waals surface area contributed by atoms with Gasteiger partial charge in [-0.2, -0.15) is 0 Å². The fourth-order valence-electron chi connectivity index (χ4n) is 4.70. The highest BCUT2D eigenvalue weighted by molar-refractivity contribution is 6.12. The molecule has 0 fully saturated rings. The van der Waals surface area contributed by atoms with Crippen molar-refractivity contribution in [2.75, 3.05) is 37.6 Å². The first-order chi connectivity index (χ1) is 21.4. The molecule has 4 aromatic carbocycles. The molecule has 44 heavy (non-hydrogen) atoms. The highest BCUT2D eigenvalue weighted by Gasteiger charge is 2.23. The highest BCUT2D eigenvalue weighted by atomic mass is 16.5. The van der Waals surface area contributed by atoms with Gasteiger partial charge in [0, 0.05) is 41.5 Å². The van der Waals surface area contributed by atoms with Gasteiger partial charge in [-0.1, -0.05) is 67.2 Å². The van der Waals surface area contributed by atoms with Crippen LogP contribution in [0.2, 0.25) is 0 Å². The lowest BCUT2D eigenvalue weighted by Crippen LogP contribution is -2.33. The van der Waals surface area contributed by atoms with Gasteiger partial charge in [0.2, 0.25) is 5.91 Å². The first-order valence-corrected chi connectivity index (χ1v) is 14.3. The molecule has 0 spiro atoms. The molecule has 0 saturated carbocycles. The molecule has 0 aromatic heterocycles. The van der Waals surface area contributed by atoms with Crippen LogP contribution >= 0.6 is 0 Å². The number of methoxy groups -OCH3 is 2. The molecule has 0 aliphatic heterocycles. The number of carbonyl (C=O) groups excluding carboxylic acids is 3. The predicted molar refractivity (Wildman–Crippen MR) is 172 cm³/mol. The Hall–Kier alpha value is -5.37. The summed E-state index contributed by atoms with van der Waals surface area (Å²) < 4.78 is 16.3. The second kappa shape index (κ2) is 15.7. The summed E-state index contributed by atoms with van der Waals surface area (Å²) in [7, 11) is 2.92. The SMILES string of the molecule is C=CC(=O)N(CCCOc1ccc(C[C@H](Nc2ccccc2C(=O)c2ccccc2)C(=O)OC)cc1)c1cccc(OC)c1. The van der Waals surface area contributed by atoms with Crippen LogP contribution in [-0.2, 0) is 20.7 Å². The standard InChI is InChI=1S/C36H36N2O6/c1-4-34(39)38(28-14-10-15-30(25-28)42-2)22-11-23-44-29-20-18-26(19-21-29)24-33(36(41)43-3)37-32-17-9-8-16-31(32)35(40)27-12-6-5-7-13-27/h4-10,12-21,25,33,37H,1,11,22-24H2,2-3H3/t33-/m0/s1. The van der Waals surface area contributed by atoms with Gasteiger partial charge in [-0.25, -0.2) is 4.79 Å². The first kappa shape index (κ1) is 31.6. The van der Waals surface area contributed by atoms with Crippen LogP contribution in [0.5, 0.6) is 11.5 Å². The normalized spacial score (nSPS) is 11.1. The Morgan fingerprint density at radius 3 is 2.30 bits per heavy atom. The Balaban J connectivity index is 1.37. The molecule has 0 saturated heterocycles. The van der Waals surface area contributed by atoms with E-state index in [1.807, 2.05) is 66.7 Å². The van der Waals surface area contributed by atoms with Crippen LogP contribution in [0.3, 0.4) is 0 Å². The minimum Gasteiger partial charge on any atom is -0.497 e. The third kappa shape index (κ3) is 8.35. The molecule has 1 N–H and O–H groups in total. The van der Waals surface area contributed by atoms with E-state index >= 15 is 0 Å². The quantitative estimate of drug-likeness (QED) is 0.0770. The van der Waals surface area contributed by atoms with E-state index in [1.165, 1.54) is 13.2 Å². The number of carbonyl (C=O) groups is 3. The number of hydrogen-bond donors (Lipinski definition) is 1. The topological polar surface area (TPSA) is 94.2 Å². The van der Waals surface area contributed by atoms with E-state index in [-0.39, 0.29) is 11.7 Å². The Bertz CT molecular complexity index is 1570. The Morgan fingerprint density at radius 2 is 1.59 bits per heavy atom. The number of ether oxygens (including phenoxy) is 3. The van der Waals surface area contributed by atoms with Gasteiger partial charge in [0.25, 0.3) is 0 Å². The Kier molecular flexibility index (Phi) is 11.3. The van der Waals surface area contributed by atoms with E-state index in [9.17, 15) is 14.4 Å². The maximum absolute atomic E-state index is 13.2. The fourth-order valence-corrected chi connectivity index (χ4v) is 4.70. The number of nitrogens with one attached hydrogen (secondary N) is 1. The second-order valence-corrected chi connectivity index (χ2v) is 9.91. The van der Waals surface area contributed by atoms with Crippen molar-refractivity contribution in [1.82, 2.24) is 0 Å². The largest absolute Gasteiger partial charge is 0.497 e. The molecule has 1 amide bonds. The molecule has 8 heteroatoms. The zero-order valence-corrected chi connectivity index (χ0v) is 24.9. The van der Waals surface area contributed by atoms with E-state index in [0.29, 0.717) is 54.3 Å². The smallest absolute Gasteiger partial charge is 0.328 e. The van der Waals surface area contributed by atoms with Crippen molar-refractivity contribution in [2.45, 2.75) is 18.9 Å². The van der Waals surface area contributed by atoms with Crippen LogP contribution in [0.4, 0.5) is 11.4 Å². The zero-order valence-electron chi connectivity index (χ0n) is 24.9. The molecule has 4 rings (SSSR count). The molecule has 0 aliphatic carbocycles. The molecule has 0 heterocycles. The van der Waals surface area contributed by atoms with Gasteiger partial charge >= 0.3 is 5.97 Å². The summed E-state index contributed by atoms with van der Waals surface area (Å²) in [5.74, 6) is 0.540. The van der Waals surface area contributed by atoms with E-state index in [2.05, 4.69) is 11.9 Å². The van der Waals surface area contributed by atoms with Gasteiger partial charge in [0.15, 0.2) is 5.78 Å². The summed E-state index contributed by atoms with van der Waals surface area (Å²) >= 11 is 0. The van der Waals surface area contributed by atoms with E-state index in [0.717, 1.165) is 11.3 Å². The third-order valence-electron chi connectivity index (χ3n) is 6.99. The van der Waals surface area contributed by atoms with Crippen molar-refractivity contribution in [3.8, 4) is 11.5 Å². The molecule has 4 aromatic rings. The van der Waals surface area contributed by atoms with E-state index in [1.54, 1.807) is 48.4 Å².